The molecule has 0 aromatic heterocycles. The molecule has 1 aliphatic heterocycles. The van der Waals surface area contributed by atoms with Crippen molar-refractivity contribution in [2.75, 3.05) is 27.4 Å². The van der Waals surface area contributed by atoms with Crippen LogP contribution in [0.5, 0.6) is 0 Å². The summed E-state index contributed by atoms with van der Waals surface area (Å²) in [6.45, 7) is 0.795. The maximum absolute atomic E-state index is 5.37. The minimum absolute atomic E-state index is 0.0763. The first-order chi connectivity index (χ1) is 6.33. The Morgan fingerprint density at radius 3 is 2.92 bits per heavy atom. The highest BCUT2D eigenvalue weighted by atomic mass is 16.7. The Balaban J connectivity index is 2.45. The van der Waals surface area contributed by atoms with Crippen molar-refractivity contribution in [1.29, 1.82) is 0 Å². The van der Waals surface area contributed by atoms with E-state index in [2.05, 4.69) is 10.3 Å². The fraction of sp³-hybridized carbons (Fsp3) is 1.00. The quantitative estimate of drug-likeness (QED) is 0.533. The first kappa shape index (κ1) is 10.8. The highest BCUT2D eigenvalue weighted by molar-refractivity contribution is 4.85. The number of ether oxygens (including phenoxy) is 2. The summed E-state index contributed by atoms with van der Waals surface area (Å²) in [6, 6.07) is 0. The third kappa shape index (κ3) is 2.60. The van der Waals surface area contributed by atoms with Crippen molar-refractivity contribution in [2.24, 2.45) is 5.90 Å². The summed E-state index contributed by atoms with van der Waals surface area (Å²) in [7, 11) is 3.30. The Morgan fingerprint density at radius 1 is 1.62 bits per heavy atom. The topological polar surface area (TPSA) is 75.0 Å². The van der Waals surface area contributed by atoms with E-state index in [1.807, 2.05) is 0 Å². The second kappa shape index (κ2) is 5.48. The van der Waals surface area contributed by atoms with Crippen LogP contribution in [-0.2, 0) is 19.1 Å². The number of hydrogen-bond donors (Lipinski definition) is 2. The fourth-order valence-corrected chi connectivity index (χ4v) is 1.38. The molecule has 0 aromatic carbocycles. The number of nitrogens with two attached hydrogens (primary N) is 1. The highest BCUT2D eigenvalue weighted by Crippen LogP contribution is 2.19. The molecule has 0 amide bonds. The molecule has 0 radical (unpaired) electrons. The molecule has 78 valence electrons. The zero-order chi connectivity index (χ0) is 9.68. The van der Waals surface area contributed by atoms with Gasteiger partial charge in [-0.1, -0.05) is 0 Å². The summed E-state index contributed by atoms with van der Waals surface area (Å²) in [4.78, 5) is 9.74. The molecule has 0 aromatic rings. The number of nitrogens with one attached hydrogen (secondary N) is 1. The van der Waals surface area contributed by atoms with Crippen LogP contribution in [0.4, 0.5) is 0 Å². The summed E-state index contributed by atoms with van der Waals surface area (Å²) < 4.78 is 10.5. The third-order valence-corrected chi connectivity index (χ3v) is 2.02. The van der Waals surface area contributed by atoms with Crippen LogP contribution in [0, 0.1) is 0 Å². The van der Waals surface area contributed by atoms with E-state index < -0.39 is 0 Å². The average molecular weight is 192 g/mol. The van der Waals surface area contributed by atoms with Gasteiger partial charge >= 0.3 is 0 Å². The normalized spacial score (nSPS) is 33.9. The number of hydroxylamine groups is 1. The van der Waals surface area contributed by atoms with Crippen molar-refractivity contribution < 1.29 is 19.1 Å². The summed E-state index contributed by atoms with van der Waals surface area (Å²) in [5.41, 5.74) is 2.61. The maximum Gasteiger partial charge on any atom is 0.136 e. The first-order valence-electron chi connectivity index (χ1n) is 4.12. The Kier molecular flexibility index (Phi) is 4.57. The molecule has 1 fully saturated rings. The van der Waals surface area contributed by atoms with Crippen molar-refractivity contribution in [2.45, 2.75) is 18.3 Å². The van der Waals surface area contributed by atoms with Gasteiger partial charge in [-0.3, -0.25) is 4.84 Å². The molecule has 0 spiro atoms. The molecule has 1 aliphatic rings. The Morgan fingerprint density at radius 2 is 2.38 bits per heavy atom. The van der Waals surface area contributed by atoms with Gasteiger partial charge in [0.1, 0.15) is 18.3 Å². The Labute approximate surface area is 77.2 Å². The molecule has 3 N–H and O–H groups in total. The van der Waals surface area contributed by atoms with Crippen LogP contribution in [-0.4, -0.2) is 45.7 Å². The van der Waals surface area contributed by atoms with E-state index in [9.17, 15) is 0 Å². The van der Waals surface area contributed by atoms with Gasteiger partial charge < -0.3 is 14.3 Å². The van der Waals surface area contributed by atoms with Gasteiger partial charge in [0.2, 0.25) is 0 Å². The number of hydrogen-bond acceptors (Lipinski definition) is 6. The van der Waals surface area contributed by atoms with E-state index in [1.54, 1.807) is 14.2 Å². The van der Waals surface area contributed by atoms with Crippen molar-refractivity contribution in [3.63, 3.8) is 0 Å². The van der Waals surface area contributed by atoms with E-state index in [0.717, 1.165) is 0 Å². The first-order valence-corrected chi connectivity index (χ1v) is 4.12. The molecule has 0 saturated carbocycles. The van der Waals surface area contributed by atoms with Crippen molar-refractivity contribution in [3.8, 4) is 0 Å². The molecular weight excluding hydrogens is 176 g/mol. The van der Waals surface area contributed by atoms with Crippen LogP contribution in [0.2, 0.25) is 0 Å². The molecular formula is C7H16N2O4. The van der Waals surface area contributed by atoms with Gasteiger partial charge in [-0.2, -0.15) is 0 Å². The van der Waals surface area contributed by atoms with Crippen molar-refractivity contribution in [1.82, 2.24) is 5.48 Å². The van der Waals surface area contributed by atoms with E-state index in [0.29, 0.717) is 13.2 Å². The molecule has 1 saturated heterocycles. The van der Waals surface area contributed by atoms with Crippen molar-refractivity contribution >= 4 is 0 Å². The van der Waals surface area contributed by atoms with E-state index >= 15 is 0 Å². The van der Waals surface area contributed by atoms with Gasteiger partial charge in [0, 0.05) is 14.2 Å². The number of rotatable bonds is 5. The van der Waals surface area contributed by atoms with Gasteiger partial charge in [-0.25, -0.2) is 11.4 Å². The minimum Gasteiger partial charge on any atom is -0.376 e. The Hall–Kier alpha value is -0.240. The summed E-state index contributed by atoms with van der Waals surface area (Å²) >= 11 is 0. The third-order valence-electron chi connectivity index (χ3n) is 2.02. The predicted octanol–water partition coefficient (Wildman–Crippen LogP) is -1.19. The zero-order valence-electron chi connectivity index (χ0n) is 7.86. The van der Waals surface area contributed by atoms with Crippen LogP contribution in [0.1, 0.15) is 0 Å². The van der Waals surface area contributed by atoms with Gasteiger partial charge in [-0.05, 0) is 0 Å². The van der Waals surface area contributed by atoms with Crippen LogP contribution in [0.15, 0.2) is 0 Å². The van der Waals surface area contributed by atoms with Crippen LogP contribution >= 0.6 is 0 Å². The average Bonchev–Trinajstić information content (AvgIpc) is 2.50. The molecule has 1 heterocycles. The molecule has 0 bridgehead atoms. The molecule has 2 unspecified atom stereocenters. The van der Waals surface area contributed by atoms with Gasteiger partial charge in [-0.15, -0.1) is 0 Å². The molecule has 0 aliphatic carbocycles. The van der Waals surface area contributed by atoms with Crippen molar-refractivity contribution in [3.05, 3.63) is 0 Å². The summed E-state index contributed by atoms with van der Waals surface area (Å²) in [5, 5.41) is 0. The van der Waals surface area contributed by atoms with Gasteiger partial charge in [0.15, 0.2) is 0 Å². The second-order valence-electron chi connectivity index (χ2n) is 2.77. The van der Waals surface area contributed by atoms with Crippen LogP contribution in [0.3, 0.4) is 0 Å². The Bertz CT molecular complexity index is 146. The lowest BCUT2D eigenvalue weighted by Crippen LogP contribution is -2.40. The maximum atomic E-state index is 5.37. The van der Waals surface area contributed by atoms with E-state index in [-0.39, 0.29) is 18.3 Å². The molecule has 6 heteroatoms. The highest BCUT2D eigenvalue weighted by Gasteiger charge is 2.38. The summed E-state index contributed by atoms with van der Waals surface area (Å²) in [5.74, 6) is 4.96. The largest absolute Gasteiger partial charge is 0.376 e. The van der Waals surface area contributed by atoms with Crippen LogP contribution < -0.4 is 11.4 Å². The molecule has 1 rings (SSSR count). The number of methoxy groups -OCH3 is 1. The minimum atomic E-state index is -0.182. The van der Waals surface area contributed by atoms with E-state index in [4.69, 9.17) is 20.2 Å². The van der Waals surface area contributed by atoms with Gasteiger partial charge in [0.05, 0.1) is 13.2 Å². The molecule has 13 heavy (non-hydrogen) atoms. The fourth-order valence-electron chi connectivity index (χ4n) is 1.38. The smallest absolute Gasteiger partial charge is 0.136 e. The predicted molar refractivity (Wildman–Crippen MR) is 44.6 cm³/mol. The standard InChI is InChI=1S/C7H16N2O4/c1-9-13-7-5(10-2)3-11-6(7)4-12-8/h5-7,9H,3-4,8H2,1-2H3/t5?,6-,7?/m1/s1. The molecule has 3 atom stereocenters. The lowest BCUT2D eigenvalue weighted by molar-refractivity contribution is -0.104. The van der Waals surface area contributed by atoms with Gasteiger partial charge in [0.25, 0.3) is 0 Å². The second-order valence-corrected chi connectivity index (χ2v) is 2.77. The van der Waals surface area contributed by atoms with E-state index in [1.165, 1.54) is 0 Å². The SMILES string of the molecule is CNOC1C(OC)CO[C@@H]1CON. The lowest BCUT2D eigenvalue weighted by atomic mass is 10.1. The lowest BCUT2D eigenvalue weighted by Gasteiger charge is -2.20. The van der Waals surface area contributed by atoms with Crippen LogP contribution in [0.25, 0.3) is 0 Å². The summed E-state index contributed by atoms with van der Waals surface area (Å²) in [6.07, 6.45) is -0.437. The molecule has 6 nitrogen and oxygen atoms in total. The monoisotopic (exact) mass is 192 g/mol. The zero-order valence-corrected chi connectivity index (χ0v) is 7.86.